The Balaban J connectivity index is 2.21. The third-order valence-electron chi connectivity index (χ3n) is 2.07. The topological polar surface area (TPSA) is 76.7 Å². The number of ether oxygens (including phenoxy) is 2. The van der Waals surface area contributed by atoms with Gasteiger partial charge in [0.2, 0.25) is 0 Å². The normalized spacial score (nSPS) is 10.7. The van der Waals surface area contributed by atoms with Crippen molar-refractivity contribution < 1.29 is 19.1 Å². The molecule has 1 aromatic rings. The first-order chi connectivity index (χ1) is 9.76. The van der Waals surface area contributed by atoms with Crippen molar-refractivity contribution in [1.29, 1.82) is 0 Å². The van der Waals surface area contributed by atoms with E-state index in [-0.39, 0.29) is 13.2 Å². The molecule has 0 saturated carbocycles. The van der Waals surface area contributed by atoms with Gasteiger partial charge in [0, 0.05) is 10.7 Å². The van der Waals surface area contributed by atoms with Crippen molar-refractivity contribution in [2.75, 3.05) is 18.5 Å². The SMILES string of the molecule is CC(C)(C)OC(=O)NCCOC(=O)Nc1cccc(Cl)c1. The van der Waals surface area contributed by atoms with E-state index in [2.05, 4.69) is 10.6 Å². The minimum absolute atomic E-state index is 0.0334. The highest BCUT2D eigenvalue weighted by molar-refractivity contribution is 6.30. The van der Waals surface area contributed by atoms with Crippen molar-refractivity contribution in [2.24, 2.45) is 0 Å². The summed E-state index contributed by atoms with van der Waals surface area (Å²) in [6.45, 7) is 5.49. The summed E-state index contributed by atoms with van der Waals surface area (Å²) in [7, 11) is 0. The summed E-state index contributed by atoms with van der Waals surface area (Å²) in [6, 6.07) is 6.69. The number of amides is 2. The number of halogens is 1. The fourth-order valence-corrected chi connectivity index (χ4v) is 1.52. The van der Waals surface area contributed by atoms with Crippen molar-refractivity contribution in [3.05, 3.63) is 29.3 Å². The summed E-state index contributed by atoms with van der Waals surface area (Å²) >= 11 is 5.79. The standard InChI is InChI=1S/C14H19ClN2O4/c1-14(2,3)21-12(18)16-7-8-20-13(19)17-11-6-4-5-10(15)9-11/h4-6,9H,7-8H2,1-3H3,(H,16,18)(H,17,19). The third kappa shape index (κ3) is 8.04. The zero-order valence-electron chi connectivity index (χ0n) is 12.2. The molecule has 2 amide bonds. The van der Waals surface area contributed by atoms with Gasteiger partial charge in [-0.05, 0) is 39.0 Å². The Hall–Kier alpha value is -1.95. The summed E-state index contributed by atoms with van der Waals surface area (Å²) < 4.78 is 9.94. The molecule has 0 aliphatic heterocycles. The number of rotatable bonds is 4. The van der Waals surface area contributed by atoms with Gasteiger partial charge in [-0.1, -0.05) is 17.7 Å². The predicted molar refractivity (Wildman–Crippen MR) is 80.7 cm³/mol. The summed E-state index contributed by atoms with van der Waals surface area (Å²) in [4.78, 5) is 22.8. The molecule has 21 heavy (non-hydrogen) atoms. The quantitative estimate of drug-likeness (QED) is 0.835. The van der Waals surface area contributed by atoms with Crippen LogP contribution in [0.25, 0.3) is 0 Å². The van der Waals surface area contributed by atoms with Crippen LogP contribution in [-0.4, -0.2) is 30.9 Å². The summed E-state index contributed by atoms with van der Waals surface area (Å²) in [6.07, 6.45) is -1.18. The molecule has 1 rings (SSSR count). The first kappa shape index (κ1) is 17.1. The van der Waals surface area contributed by atoms with E-state index in [9.17, 15) is 9.59 Å². The van der Waals surface area contributed by atoms with E-state index in [1.807, 2.05) is 0 Å². The van der Waals surface area contributed by atoms with Crippen LogP contribution in [0.4, 0.5) is 15.3 Å². The Morgan fingerprint density at radius 1 is 1.24 bits per heavy atom. The monoisotopic (exact) mass is 314 g/mol. The number of carbonyl (C=O) groups is 2. The van der Waals surface area contributed by atoms with Crippen LogP contribution in [0.15, 0.2) is 24.3 Å². The van der Waals surface area contributed by atoms with Gasteiger partial charge in [-0.2, -0.15) is 0 Å². The van der Waals surface area contributed by atoms with Crippen LogP contribution in [0.5, 0.6) is 0 Å². The lowest BCUT2D eigenvalue weighted by atomic mass is 10.2. The molecular weight excluding hydrogens is 296 g/mol. The van der Waals surface area contributed by atoms with Crippen molar-refractivity contribution >= 4 is 29.5 Å². The van der Waals surface area contributed by atoms with Crippen molar-refractivity contribution in [2.45, 2.75) is 26.4 Å². The molecule has 0 aromatic heterocycles. The number of anilines is 1. The maximum atomic E-state index is 11.5. The van der Waals surface area contributed by atoms with E-state index in [0.29, 0.717) is 10.7 Å². The third-order valence-corrected chi connectivity index (χ3v) is 2.31. The Morgan fingerprint density at radius 2 is 1.95 bits per heavy atom. The molecule has 2 N–H and O–H groups in total. The largest absolute Gasteiger partial charge is 0.447 e. The Labute approximate surface area is 128 Å². The molecule has 0 saturated heterocycles. The van der Waals surface area contributed by atoms with E-state index in [1.54, 1.807) is 45.0 Å². The van der Waals surface area contributed by atoms with Gasteiger partial charge in [-0.25, -0.2) is 9.59 Å². The Kier molecular flexibility index (Phi) is 6.30. The van der Waals surface area contributed by atoms with Gasteiger partial charge in [0.25, 0.3) is 0 Å². The molecule has 0 fully saturated rings. The van der Waals surface area contributed by atoms with Crippen molar-refractivity contribution in [1.82, 2.24) is 5.32 Å². The molecule has 0 aliphatic rings. The maximum absolute atomic E-state index is 11.5. The minimum atomic E-state index is -0.622. The number of hydrogen-bond acceptors (Lipinski definition) is 4. The molecule has 0 radical (unpaired) electrons. The second kappa shape index (κ2) is 7.73. The van der Waals surface area contributed by atoms with Gasteiger partial charge in [0.15, 0.2) is 0 Å². The fraction of sp³-hybridized carbons (Fsp3) is 0.429. The van der Waals surface area contributed by atoms with Gasteiger partial charge in [-0.15, -0.1) is 0 Å². The average Bonchev–Trinajstić information content (AvgIpc) is 2.32. The highest BCUT2D eigenvalue weighted by Crippen LogP contribution is 2.14. The van der Waals surface area contributed by atoms with Gasteiger partial charge < -0.3 is 14.8 Å². The van der Waals surface area contributed by atoms with Crippen LogP contribution in [-0.2, 0) is 9.47 Å². The Morgan fingerprint density at radius 3 is 2.57 bits per heavy atom. The molecule has 0 spiro atoms. The average molecular weight is 315 g/mol. The molecular formula is C14H19ClN2O4. The molecule has 6 nitrogen and oxygen atoms in total. The van der Waals surface area contributed by atoms with E-state index >= 15 is 0 Å². The van der Waals surface area contributed by atoms with Crippen LogP contribution in [0.1, 0.15) is 20.8 Å². The van der Waals surface area contributed by atoms with Gasteiger partial charge in [0.05, 0.1) is 6.54 Å². The molecule has 1 aromatic carbocycles. The first-order valence-electron chi connectivity index (χ1n) is 6.42. The van der Waals surface area contributed by atoms with Gasteiger partial charge >= 0.3 is 12.2 Å². The molecule has 0 aliphatic carbocycles. The number of hydrogen-bond donors (Lipinski definition) is 2. The van der Waals surface area contributed by atoms with Crippen LogP contribution < -0.4 is 10.6 Å². The molecule has 116 valence electrons. The second-order valence-electron chi connectivity index (χ2n) is 5.20. The number of nitrogens with one attached hydrogen (secondary N) is 2. The molecule has 0 atom stereocenters. The summed E-state index contributed by atoms with van der Waals surface area (Å²) in [5.74, 6) is 0. The van der Waals surface area contributed by atoms with Crippen LogP contribution in [0.3, 0.4) is 0 Å². The second-order valence-corrected chi connectivity index (χ2v) is 5.64. The van der Waals surface area contributed by atoms with Crippen LogP contribution >= 0.6 is 11.6 Å². The van der Waals surface area contributed by atoms with Crippen LogP contribution in [0.2, 0.25) is 5.02 Å². The maximum Gasteiger partial charge on any atom is 0.411 e. The summed E-state index contributed by atoms with van der Waals surface area (Å²) in [5, 5.41) is 5.51. The molecule has 0 heterocycles. The smallest absolute Gasteiger partial charge is 0.411 e. The Bertz CT molecular complexity index is 500. The predicted octanol–water partition coefficient (Wildman–Crippen LogP) is 3.41. The minimum Gasteiger partial charge on any atom is -0.447 e. The van der Waals surface area contributed by atoms with Crippen LogP contribution in [0, 0.1) is 0 Å². The number of alkyl carbamates (subject to hydrolysis) is 1. The lowest BCUT2D eigenvalue weighted by molar-refractivity contribution is 0.0514. The molecule has 0 bridgehead atoms. The fourth-order valence-electron chi connectivity index (χ4n) is 1.33. The molecule has 7 heteroatoms. The highest BCUT2D eigenvalue weighted by atomic mass is 35.5. The highest BCUT2D eigenvalue weighted by Gasteiger charge is 2.15. The van der Waals surface area contributed by atoms with E-state index < -0.39 is 17.8 Å². The van der Waals surface area contributed by atoms with E-state index in [1.165, 1.54) is 0 Å². The first-order valence-corrected chi connectivity index (χ1v) is 6.80. The van der Waals surface area contributed by atoms with Gasteiger partial charge in [-0.3, -0.25) is 5.32 Å². The number of benzene rings is 1. The van der Waals surface area contributed by atoms with Crippen molar-refractivity contribution in [3.8, 4) is 0 Å². The van der Waals surface area contributed by atoms with E-state index in [4.69, 9.17) is 21.1 Å². The number of carbonyl (C=O) groups excluding carboxylic acids is 2. The van der Waals surface area contributed by atoms with Crippen molar-refractivity contribution in [3.63, 3.8) is 0 Å². The zero-order chi connectivity index (χ0) is 15.9. The summed E-state index contributed by atoms with van der Waals surface area (Å²) in [5.41, 5.74) is -0.0258. The molecule has 0 unspecified atom stereocenters. The zero-order valence-corrected chi connectivity index (χ0v) is 13.0. The lowest BCUT2D eigenvalue weighted by Gasteiger charge is -2.19. The lowest BCUT2D eigenvalue weighted by Crippen LogP contribution is -2.34. The van der Waals surface area contributed by atoms with Gasteiger partial charge in [0.1, 0.15) is 12.2 Å². The van der Waals surface area contributed by atoms with E-state index in [0.717, 1.165) is 0 Å².